The molecule has 0 aliphatic heterocycles. The van der Waals surface area contributed by atoms with Crippen molar-refractivity contribution in [3.63, 3.8) is 0 Å². The van der Waals surface area contributed by atoms with Crippen LogP contribution in [-0.2, 0) is 13.1 Å². The van der Waals surface area contributed by atoms with Crippen LogP contribution < -0.4 is 43.2 Å². The van der Waals surface area contributed by atoms with Gasteiger partial charge in [-0.2, -0.15) is 0 Å². The number of hydrogen-bond acceptors (Lipinski definition) is 3. The van der Waals surface area contributed by atoms with Crippen LogP contribution in [0.2, 0.25) is 0 Å². The van der Waals surface area contributed by atoms with Crippen molar-refractivity contribution in [3.05, 3.63) is 54.6 Å². The minimum Gasteiger partial charge on any atom is -1.00 e. The molecule has 0 aliphatic carbocycles. The maximum Gasteiger partial charge on any atom is 0.196 e. The molecule has 0 saturated carbocycles. The Hall–Kier alpha value is -1.34. The monoisotopic (exact) mass is 402 g/mol. The fourth-order valence-corrected chi connectivity index (χ4v) is 1.68. The molecule has 0 bridgehead atoms. The van der Waals surface area contributed by atoms with Crippen molar-refractivity contribution < 1.29 is 48.4 Å². The highest BCUT2D eigenvalue weighted by molar-refractivity contribution is 5.78. The molecule has 7 heteroatoms. The highest BCUT2D eigenvalue weighted by atomic mass is 79.9. The number of aromatic nitrogens is 3. The summed E-state index contributed by atoms with van der Waals surface area (Å²) in [7, 11) is 0. The van der Waals surface area contributed by atoms with Gasteiger partial charge in [0.05, 0.1) is 18.8 Å². The van der Waals surface area contributed by atoms with Gasteiger partial charge in [0.1, 0.15) is 0 Å². The van der Waals surface area contributed by atoms with Gasteiger partial charge in [-0.3, -0.25) is 0 Å². The van der Waals surface area contributed by atoms with Crippen molar-refractivity contribution >= 4 is 6.21 Å². The zero-order valence-electron chi connectivity index (χ0n) is 10.8. The SMILES string of the molecule is O/N=C/c1cc[n+](CCC[n+]2ccccn2)cc1.[Br-].[Br-]. The Balaban J connectivity index is 0.00000180. The molecule has 0 unspecified atom stereocenters. The van der Waals surface area contributed by atoms with Gasteiger partial charge in [0.15, 0.2) is 31.7 Å². The first-order valence-corrected chi connectivity index (χ1v) is 5.86. The van der Waals surface area contributed by atoms with Gasteiger partial charge in [0.2, 0.25) is 0 Å². The summed E-state index contributed by atoms with van der Waals surface area (Å²) in [6, 6.07) is 7.71. The zero-order valence-corrected chi connectivity index (χ0v) is 14.0. The van der Waals surface area contributed by atoms with Gasteiger partial charge in [-0.05, 0) is 11.2 Å². The lowest BCUT2D eigenvalue weighted by molar-refractivity contribution is -0.765. The molecule has 0 atom stereocenters. The summed E-state index contributed by atoms with van der Waals surface area (Å²) in [4.78, 5) is 0. The maximum absolute atomic E-state index is 8.41. The summed E-state index contributed by atoms with van der Waals surface area (Å²) < 4.78 is 4.02. The number of rotatable bonds is 5. The molecule has 0 radical (unpaired) electrons. The van der Waals surface area contributed by atoms with Crippen LogP contribution in [0.15, 0.2) is 54.2 Å². The van der Waals surface area contributed by atoms with E-state index in [-0.39, 0.29) is 34.0 Å². The molecule has 0 spiro atoms. The van der Waals surface area contributed by atoms with E-state index in [9.17, 15) is 0 Å². The van der Waals surface area contributed by atoms with E-state index in [0.717, 1.165) is 25.1 Å². The Morgan fingerprint density at radius 1 is 1.10 bits per heavy atom. The summed E-state index contributed by atoms with van der Waals surface area (Å²) in [6.45, 7) is 1.83. The molecular formula is C13H16Br2N4O. The van der Waals surface area contributed by atoms with E-state index in [1.54, 1.807) is 6.20 Å². The summed E-state index contributed by atoms with van der Waals surface area (Å²) in [5.74, 6) is 0. The van der Waals surface area contributed by atoms with Gasteiger partial charge in [-0.1, -0.05) is 9.84 Å². The lowest BCUT2D eigenvalue weighted by Gasteiger charge is -1.95. The third-order valence-corrected chi connectivity index (χ3v) is 2.60. The van der Waals surface area contributed by atoms with E-state index in [1.807, 2.05) is 47.5 Å². The Labute approximate surface area is 139 Å². The number of nitrogens with zero attached hydrogens (tertiary/aromatic N) is 4. The average molecular weight is 404 g/mol. The maximum atomic E-state index is 8.41. The van der Waals surface area contributed by atoms with Crippen LogP contribution in [0.4, 0.5) is 0 Å². The lowest BCUT2D eigenvalue weighted by Crippen LogP contribution is -3.00. The molecular weight excluding hydrogens is 388 g/mol. The minimum atomic E-state index is 0. The van der Waals surface area contributed by atoms with Crippen molar-refractivity contribution in [1.29, 1.82) is 0 Å². The Kier molecular flexibility index (Phi) is 9.75. The molecule has 1 N–H and O–H groups in total. The van der Waals surface area contributed by atoms with Gasteiger partial charge in [-0.25, -0.2) is 4.57 Å². The molecule has 108 valence electrons. The van der Waals surface area contributed by atoms with Gasteiger partial charge in [-0.15, -0.1) is 0 Å². The van der Waals surface area contributed by atoms with Crippen LogP contribution in [-0.4, -0.2) is 16.5 Å². The van der Waals surface area contributed by atoms with Crippen LogP contribution in [0.3, 0.4) is 0 Å². The molecule has 0 aliphatic rings. The summed E-state index contributed by atoms with van der Waals surface area (Å²) in [5, 5.41) is 15.6. The van der Waals surface area contributed by atoms with Crippen LogP contribution in [0.5, 0.6) is 0 Å². The Morgan fingerprint density at radius 3 is 2.45 bits per heavy atom. The molecule has 2 rings (SSSR count). The van der Waals surface area contributed by atoms with Crippen molar-refractivity contribution in [2.45, 2.75) is 19.5 Å². The largest absolute Gasteiger partial charge is 1.00 e. The van der Waals surface area contributed by atoms with E-state index in [4.69, 9.17) is 5.21 Å². The molecule has 0 aromatic carbocycles. The van der Waals surface area contributed by atoms with E-state index in [0.29, 0.717) is 0 Å². The number of pyridine rings is 1. The lowest BCUT2D eigenvalue weighted by atomic mass is 10.3. The van der Waals surface area contributed by atoms with Gasteiger partial charge < -0.3 is 39.2 Å². The first-order chi connectivity index (χ1) is 8.88. The normalized spacial score (nSPS) is 9.80. The Bertz CT molecular complexity index is 506. The molecule has 0 amide bonds. The molecule has 5 nitrogen and oxygen atoms in total. The minimum absolute atomic E-state index is 0. The molecule has 0 fully saturated rings. The number of oxime groups is 1. The van der Waals surface area contributed by atoms with Crippen LogP contribution in [0.25, 0.3) is 0 Å². The topological polar surface area (TPSA) is 53.2 Å². The molecule has 0 saturated heterocycles. The van der Waals surface area contributed by atoms with Gasteiger partial charge >= 0.3 is 0 Å². The standard InChI is InChI=1S/C13H15N4O.2BrH/c18-15-12-13-4-10-16(11-5-13)7-3-9-17-8-2-1-6-14-17;;/h1-2,4-6,8,10-12H,3,7,9H2;2*1H/q+1;;/p-1. The average Bonchev–Trinajstić information content (AvgIpc) is 2.42. The number of aryl methyl sites for hydroxylation is 2. The van der Waals surface area contributed by atoms with Crippen molar-refractivity contribution in [3.8, 4) is 0 Å². The molecule has 2 aromatic heterocycles. The van der Waals surface area contributed by atoms with Crippen molar-refractivity contribution in [1.82, 2.24) is 5.10 Å². The number of halogens is 2. The van der Waals surface area contributed by atoms with E-state index in [1.165, 1.54) is 6.21 Å². The highest BCUT2D eigenvalue weighted by Gasteiger charge is 2.04. The fraction of sp³-hybridized carbons (Fsp3) is 0.231. The van der Waals surface area contributed by atoms with E-state index >= 15 is 0 Å². The summed E-state index contributed by atoms with van der Waals surface area (Å²) in [5.41, 5.74) is 0.882. The van der Waals surface area contributed by atoms with Crippen LogP contribution >= 0.6 is 0 Å². The second-order valence-corrected chi connectivity index (χ2v) is 3.93. The van der Waals surface area contributed by atoms with Crippen molar-refractivity contribution in [2.75, 3.05) is 0 Å². The highest BCUT2D eigenvalue weighted by Crippen LogP contribution is 1.90. The van der Waals surface area contributed by atoms with Gasteiger partial charge in [0, 0.05) is 23.8 Å². The third kappa shape index (κ3) is 6.21. The first-order valence-electron chi connectivity index (χ1n) is 5.86. The second kappa shape index (κ2) is 10.4. The Morgan fingerprint density at radius 2 is 1.85 bits per heavy atom. The zero-order chi connectivity index (χ0) is 12.6. The molecule has 20 heavy (non-hydrogen) atoms. The predicted octanol–water partition coefficient (Wildman–Crippen LogP) is -5.44. The summed E-state index contributed by atoms with van der Waals surface area (Å²) in [6.07, 6.45) is 10.1. The predicted molar refractivity (Wildman–Crippen MR) is 65.1 cm³/mol. The van der Waals surface area contributed by atoms with Crippen LogP contribution in [0, 0.1) is 0 Å². The first kappa shape index (κ1) is 18.7. The van der Waals surface area contributed by atoms with Crippen LogP contribution in [0.1, 0.15) is 12.0 Å². The smallest absolute Gasteiger partial charge is 0.196 e. The fourth-order valence-electron chi connectivity index (χ4n) is 1.68. The quantitative estimate of drug-likeness (QED) is 0.234. The second-order valence-electron chi connectivity index (χ2n) is 3.93. The van der Waals surface area contributed by atoms with E-state index < -0.39 is 0 Å². The molecule has 2 aromatic rings. The van der Waals surface area contributed by atoms with Crippen molar-refractivity contribution in [2.24, 2.45) is 5.16 Å². The number of hydrogen-bond donors (Lipinski definition) is 1. The summed E-state index contributed by atoms with van der Waals surface area (Å²) >= 11 is 0. The van der Waals surface area contributed by atoms with E-state index in [2.05, 4.69) is 14.8 Å². The molecule has 2 heterocycles. The van der Waals surface area contributed by atoms with Gasteiger partial charge in [0.25, 0.3) is 0 Å². The third-order valence-electron chi connectivity index (χ3n) is 2.60.